The van der Waals surface area contributed by atoms with Crippen LogP contribution in [0.3, 0.4) is 0 Å². The Hall–Kier alpha value is -1.27. The highest BCUT2D eigenvalue weighted by molar-refractivity contribution is 5.87. The molecule has 0 spiro atoms. The molecule has 0 saturated carbocycles. The van der Waals surface area contributed by atoms with Crippen molar-refractivity contribution in [2.75, 3.05) is 13.1 Å². The van der Waals surface area contributed by atoms with E-state index in [9.17, 15) is 18.0 Å². The first kappa shape index (κ1) is 18.7. The lowest BCUT2D eigenvalue weighted by Gasteiger charge is -2.26. The van der Waals surface area contributed by atoms with E-state index in [0.29, 0.717) is 0 Å². The standard InChI is InChI=1S/C13H17F3N2O.ClH/c1-12(2,9-5-3-4-6-10(9)14)11(19)18-8-13(15,16)7-17;/h3-6H,7-8,17H2,1-2H3,(H,18,19);1H. The van der Waals surface area contributed by atoms with E-state index < -0.39 is 36.2 Å². The fourth-order valence-electron chi connectivity index (χ4n) is 1.59. The first-order valence-corrected chi connectivity index (χ1v) is 5.82. The number of alkyl halides is 2. The lowest BCUT2D eigenvalue weighted by atomic mass is 9.83. The summed E-state index contributed by atoms with van der Waals surface area (Å²) >= 11 is 0. The van der Waals surface area contributed by atoms with Crippen molar-refractivity contribution < 1.29 is 18.0 Å². The van der Waals surface area contributed by atoms with Crippen LogP contribution in [-0.4, -0.2) is 24.9 Å². The minimum absolute atomic E-state index is 0. The average Bonchev–Trinajstić information content (AvgIpc) is 2.36. The Bertz CT molecular complexity index is 467. The minimum Gasteiger partial charge on any atom is -0.349 e. The fraction of sp³-hybridized carbons (Fsp3) is 0.462. The van der Waals surface area contributed by atoms with Gasteiger partial charge in [-0.15, -0.1) is 12.4 Å². The molecule has 0 unspecified atom stereocenters. The first-order valence-electron chi connectivity index (χ1n) is 5.82. The maximum Gasteiger partial charge on any atom is 0.277 e. The van der Waals surface area contributed by atoms with Crippen LogP contribution in [0, 0.1) is 5.82 Å². The van der Waals surface area contributed by atoms with E-state index in [0.717, 1.165) is 0 Å². The Morgan fingerprint density at radius 1 is 1.30 bits per heavy atom. The van der Waals surface area contributed by atoms with Gasteiger partial charge in [-0.2, -0.15) is 0 Å². The molecule has 0 saturated heterocycles. The first-order chi connectivity index (χ1) is 8.70. The normalized spacial score (nSPS) is 11.7. The van der Waals surface area contributed by atoms with E-state index >= 15 is 0 Å². The van der Waals surface area contributed by atoms with E-state index in [-0.39, 0.29) is 18.0 Å². The van der Waals surface area contributed by atoms with Crippen molar-refractivity contribution >= 4 is 18.3 Å². The number of nitrogens with one attached hydrogen (secondary N) is 1. The van der Waals surface area contributed by atoms with Crippen LogP contribution in [0.25, 0.3) is 0 Å². The molecule has 1 rings (SSSR count). The van der Waals surface area contributed by atoms with Gasteiger partial charge in [0.25, 0.3) is 5.92 Å². The maximum absolute atomic E-state index is 13.6. The van der Waals surface area contributed by atoms with Gasteiger partial charge in [0.1, 0.15) is 5.82 Å². The number of carbonyl (C=O) groups excluding carboxylic acids is 1. The van der Waals surface area contributed by atoms with Crippen LogP contribution in [0.1, 0.15) is 19.4 Å². The number of carbonyl (C=O) groups is 1. The lowest BCUT2D eigenvalue weighted by Crippen LogP contribution is -2.47. The SMILES string of the molecule is CC(C)(C(=O)NCC(F)(F)CN)c1ccccc1F.Cl. The van der Waals surface area contributed by atoms with Gasteiger partial charge < -0.3 is 11.1 Å². The van der Waals surface area contributed by atoms with Gasteiger partial charge in [0.05, 0.1) is 18.5 Å². The van der Waals surface area contributed by atoms with Crippen LogP contribution in [-0.2, 0) is 10.2 Å². The van der Waals surface area contributed by atoms with Gasteiger partial charge in [-0.25, -0.2) is 13.2 Å². The molecule has 0 aromatic heterocycles. The highest BCUT2D eigenvalue weighted by Crippen LogP contribution is 2.26. The Balaban J connectivity index is 0.00000361. The predicted octanol–water partition coefficient (Wildman–Crippen LogP) is 2.24. The summed E-state index contributed by atoms with van der Waals surface area (Å²) < 4.78 is 39.6. The topological polar surface area (TPSA) is 55.1 Å². The number of nitrogens with two attached hydrogens (primary N) is 1. The molecule has 1 aromatic carbocycles. The molecule has 0 aliphatic carbocycles. The molecule has 7 heteroatoms. The van der Waals surface area contributed by atoms with Gasteiger partial charge in [0.15, 0.2) is 0 Å². The van der Waals surface area contributed by atoms with Crippen LogP contribution in [0.15, 0.2) is 24.3 Å². The number of amides is 1. The van der Waals surface area contributed by atoms with Gasteiger partial charge in [0, 0.05) is 5.56 Å². The molecule has 0 bridgehead atoms. The van der Waals surface area contributed by atoms with Gasteiger partial charge in [0.2, 0.25) is 5.91 Å². The zero-order chi connectivity index (χ0) is 14.7. The molecule has 0 fully saturated rings. The number of hydrogen-bond donors (Lipinski definition) is 2. The molecule has 0 atom stereocenters. The summed E-state index contributed by atoms with van der Waals surface area (Å²) in [5.41, 5.74) is 3.79. The zero-order valence-electron chi connectivity index (χ0n) is 11.3. The number of hydrogen-bond acceptors (Lipinski definition) is 2. The molecule has 3 N–H and O–H groups in total. The monoisotopic (exact) mass is 310 g/mol. The minimum atomic E-state index is -3.17. The molecule has 1 aromatic rings. The van der Waals surface area contributed by atoms with Gasteiger partial charge in [-0.1, -0.05) is 18.2 Å². The van der Waals surface area contributed by atoms with Crippen LogP contribution in [0.5, 0.6) is 0 Å². The smallest absolute Gasteiger partial charge is 0.277 e. The Morgan fingerprint density at radius 2 is 1.85 bits per heavy atom. The third kappa shape index (κ3) is 4.38. The second-order valence-corrected chi connectivity index (χ2v) is 4.85. The number of benzene rings is 1. The van der Waals surface area contributed by atoms with E-state index in [4.69, 9.17) is 5.73 Å². The summed E-state index contributed by atoms with van der Waals surface area (Å²) in [6.45, 7) is 1.23. The predicted molar refractivity (Wildman–Crippen MR) is 73.7 cm³/mol. The third-order valence-corrected chi connectivity index (χ3v) is 2.92. The van der Waals surface area contributed by atoms with E-state index in [1.54, 1.807) is 6.07 Å². The van der Waals surface area contributed by atoms with Crippen molar-refractivity contribution in [3.63, 3.8) is 0 Å². The summed E-state index contributed by atoms with van der Waals surface area (Å²) in [5, 5.41) is 2.10. The van der Waals surface area contributed by atoms with Gasteiger partial charge >= 0.3 is 0 Å². The van der Waals surface area contributed by atoms with Crippen molar-refractivity contribution in [3.05, 3.63) is 35.6 Å². The number of halogens is 4. The summed E-state index contributed by atoms with van der Waals surface area (Å²) in [4.78, 5) is 11.9. The van der Waals surface area contributed by atoms with E-state index in [1.807, 2.05) is 0 Å². The molecule has 3 nitrogen and oxygen atoms in total. The Labute approximate surface area is 122 Å². The molecule has 0 heterocycles. The molecule has 114 valence electrons. The molecule has 20 heavy (non-hydrogen) atoms. The molecular weight excluding hydrogens is 293 g/mol. The fourth-order valence-corrected chi connectivity index (χ4v) is 1.59. The largest absolute Gasteiger partial charge is 0.349 e. The highest BCUT2D eigenvalue weighted by Gasteiger charge is 2.35. The van der Waals surface area contributed by atoms with E-state index in [1.165, 1.54) is 32.0 Å². The van der Waals surface area contributed by atoms with Crippen molar-refractivity contribution in [1.82, 2.24) is 5.32 Å². The second kappa shape index (κ2) is 6.95. The Kier molecular flexibility index (Phi) is 6.50. The van der Waals surface area contributed by atoms with Gasteiger partial charge in [-0.05, 0) is 19.9 Å². The molecule has 0 aliphatic heterocycles. The molecular formula is C13H18ClF3N2O. The summed E-state index contributed by atoms with van der Waals surface area (Å²) in [5.74, 6) is -4.39. The summed E-state index contributed by atoms with van der Waals surface area (Å²) in [6.07, 6.45) is 0. The molecule has 0 radical (unpaired) electrons. The second-order valence-electron chi connectivity index (χ2n) is 4.85. The van der Waals surface area contributed by atoms with Crippen LogP contribution in [0.2, 0.25) is 0 Å². The summed E-state index contributed by atoms with van der Waals surface area (Å²) in [7, 11) is 0. The third-order valence-electron chi connectivity index (χ3n) is 2.92. The van der Waals surface area contributed by atoms with Crippen molar-refractivity contribution in [1.29, 1.82) is 0 Å². The molecule has 0 aliphatic rings. The van der Waals surface area contributed by atoms with Crippen molar-refractivity contribution in [2.24, 2.45) is 5.73 Å². The molecule has 1 amide bonds. The maximum atomic E-state index is 13.6. The Morgan fingerprint density at radius 3 is 2.35 bits per heavy atom. The van der Waals surface area contributed by atoms with Crippen LogP contribution < -0.4 is 11.1 Å². The van der Waals surface area contributed by atoms with Crippen molar-refractivity contribution in [2.45, 2.75) is 25.2 Å². The van der Waals surface area contributed by atoms with Crippen LogP contribution in [0.4, 0.5) is 13.2 Å². The van der Waals surface area contributed by atoms with Crippen molar-refractivity contribution in [3.8, 4) is 0 Å². The zero-order valence-corrected chi connectivity index (χ0v) is 12.1. The highest BCUT2D eigenvalue weighted by atomic mass is 35.5. The quantitative estimate of drug-likeness (QED) is 0.876. The van der Waals surface area contributed by atoms with Crippen LogP contribution >= 0.6 is 12.4 Å². The number of rotatable bonds is 5. The summed E-state index contributed by atoms with van der Waals surface area (Å²) in [6, 6.07) is 5.76. The van der Waals surface area contributed by atoms with Gasteiger partial charge in [-0.3, -0.25) is 4.79 Å². The lowest BCUT2D eigenvalue weighted by molar-refractivity contribution is -0.127. The van der Waals surface area contributed by atoms with E-state index in [2.05, 4.69) is 5.32 Å². The average molecular weight is 311 g/mol.